The molecule has 0 unspecified atom stereocenters. The zero-order chi connectivity index (χ0) is 22.1. The maximum Gasteiger partial charge on any atom is 0.262 e. The lowest BCUT2D eigenvalue weighted by Crippen LogP contribution is -2.29. The van der Waals surface area contributed by atoms with E-state index in [2.05, 4.69) is 9.97 Å². The van der Waals surface area contributed by atoms with Gasteiger partial charge >= 0.3 is 0 Å². The van der Waals surface area contributed by atoms with Gasteiger partial charge in [0.1, 0.15) is 11.6 Å². The van der Waals surface area contributed by atoms with E-state index < -0.39 is 0 Å². The highest BCUT2D eigenvalue weighted by atomic mass is 32.1. The third-order valence-electron chi connectivity index (χ3n) is 5.49. The Kier molecular flexibility index (Phi) is 5.25. The number of nitrogens with zero attached hydrogens (tertiary/aromatic N) is 5. The van der Waals surface area contributed by atoms with E-state index in [1.54, 1.807) is 23.0 Å². The first-order valence-corrected chi connectivity index (χ1v) is 11.1. The quantitative estimate of drug-likeness (QED) is 0.387. The number of thiazole rings is 1. The molecule has 0 saturated carbocycles. The first kappa shape index (κ1) is 20.1. The molecule has 2 aromatic carbocycles. The van der Waals surface area contributed by atoms with E-state index in [0.717, 1.165) is 16.3 Å². The molecule has 0 aliphatic carbocycles. The van der Waals surface area contributed by atoms with Crippen LogP contribution in [-0.4, -0.2) is 26.6 Å². The van der Waals surface area contributed by atoms with Gasteiger partial charge in [0, 0.05) is 18.6 Å². The second-order valence-electron chi connectivity index (χ2n) is 7.49. The van der Waals surface area contributed by atoms with Gasteiger partial charge in [-0.3, -0.25) is 9.36 Å². The normalized spacial score (nSPS) is 11.2. The lowest BCUT2D eigenvalue weighted by atomic mass is 9.98. The Bertz CT molecular complexity index is 1380. The summed E-state index contributed by atoms with van der Waals surface area (Å²) in [6.45, 7) is 1.87. The summed E-state index contributed by atoms with van der Waals surface area (Å²) in [6.07, 6.45) is 3.41. The average molecular weight is 440 g/mol. The molecule has 5 aromatic rings. The Labute approximate surface area is 189 Å². The van der Waals surface area contributed by atoms with Crippen molar-refractivity contribution in [3.63, 3.8) is 0 Å². The van der Waals surface area contributed by atoms with Crippen LogP contribution in [0.4, 0.5) is 10.9 Å². The minimum atomic E-state index is -0.282. The lowest BCUT2D eigenvalue weighted by Gasteiger charge is -2.23. The molecule has 3 aromatic heterocycles. The fraction of sp³-hybridized carbons (Fsp3) is 0.120. The number of fused-ring (bicyclic) bond motifs is 1. The summed E-state index contributed by atoms with van der Waals surface area (Å²) in [5.41, 5.74) is 2.54. The summed E-state index contributed by atoms with van der Waals surface area (Å²) >= 11 is 1.52. The van der Waals surface area contributed by atoms with Gasteiger partial charge < -0.3 is 4.90 Å². The first-order chi connectivity index (χ1) is 15.6. The van der Waals surface area contributed by atoms with E-state index in [1.165, 1.54) is 11.3 Å². The smallest absolute Gasteiger partial charge is 0.262 e. The number of pyridine rings is 1. The molecule has 7 heteroatoms. The van der Waals surface area contributed by atoms with Gasteiger partial charge in [-0.1, -0.05) is 60.7 Å². The molecule has 0 saturated heterocycles. The molecular formula is C25H21N5OS. The van der Waals surface area contributed by atoms with Gasteiger partial charge in [0.2, 0.25) is 0 Å². The van der Waals surface area contributed by atoms with Crippen LogP contribution in [0.2, 0.25) is 0 Å². The number of hydrogen-bond donors (Lipinski definition) is 0. The minimum Gasteiger partial charge on any atom is -0.305 e. The van der Waals surface area contributed by atoms with Gasteiger partial charge in [0.05, 0.1) is 23.1 Å². The van der Waals surface area contributed by atoms with Gasteiger partial charge in [-0.25, -0.2) is 15.0 Å². The van der Waals surface area contributed by atoms with Crippen molar-refractivity contribution in [2.24, 2.45) is 0 Å². The summed E-state index contributed by atoms with van der Waals surface area (Å²) < 4.78 is 1.78. The van der Waals surface area contributed by atoms with Crippen molar-refractivity contribution in [2.45, 2.75) is 13.0 Å². The number of aryl methyl sites for hydroxylation is 1. The van der Waals surface area contributed by atoms with E-state index in [0.29, 0.717) is 22.5 Å². The highest BCUT2D eigenvalue weighted by Gasteiger charge is 2.22. The maximum absolute atomic E-state index is 13.9. The Morgan fingerprint density at radius 2 is 1.62 bits per heavy atom. The molecule has 3 heterocycles. The fourth-order valence-corrected chi connectivity index (χ4v) is 4.55. The third-order valence-corrected chi connectivity index (χ3v) is 6.34. The average Bonchev–Trinajstić information content (AvgIpc) is 3.37. The molecule has 32 heavy (non-hydrogen) atoms. The van der Waals surface area contributed by atoms with Crippen molar-refractivity contribution in [1.29, 1.82) is 0 Å². The number of anilines is 2. The highest BCUT2D eigenvalue weighted by Crippen LogP contribution is 2.28. The molecule has 0 amide bonds. The second-order valence-corrected chi connectivity index (χ2v) is 8.36. The Hall–Kier alpha value is -3.84. The van der Waals surface area contributed by atoms with Crippen molar-refractivity contribution in [3.05, 3.63) is 112 Å². The van der Waals surface area contributed by atoms with Crippen LogP contribution in [0.3, 0.4) is 0 Å². The van der Waals surface area contributed by atoms with Crippen molar-refractivity contribution >= 4 is 33.2 Å². The van der Waals surface area contributed by atoms with Crippen LogP contribution in [0.5, 0.6) is 0 Å². The van der Waals surface area contributed by atoms with Crippen LogP contribution in [-0.2, 0) is 0 Å². The second kappa shape index (κ2) is 8.36. The summed E-state index contributed by atoms with van der Waals surface area (Å²) in [4.78, 5) is 29.3. The third kappa shape index (κ3) is 3.56. The van der Waals surface area contributed by atoms with Gasteiger partial charge in [-0.05, 0) is 24.1 Å². The van der Waals surface area contributed by atoms with E-state index in [9.17, 15) is 4.79 Å². The van der Waals surface area contributed by atoms with Gasteiger partial charge in [0.25, 0.3) is 5.56 Å². The maximum atomic E-state index is 13.9. The summed E-state index contributed by atoms with van der Waals surface area (Å²) in [5.74, 6) is 1.29. The first-order valence-electron chi connectivity index (χ1n) is 10.3. The van der Waals surface area contributed by atoms with Crippen molar-refractivity contribution in [2.75, 3.05) is 11.9 Å². The number of benzene rings is 2. The van der Waals surface area contributed by atoms with Crippen molar-refractivity contribution in [3.8, 4) is 0 Å². The van der Waals surface area contributed by atoms with Crippen LogP contribution in [0.1, 0.15) is 23.0 Å². The van der Waals surface area contributed by atoms with Crippen LogP contribution >= 0.6 is 11.3 Å². The molecule has 5 rings (SSSR count). The zero-order valence-corrected chi connectivity index (χ0v) is 18.5. The standard InChI is InChI=1S/C25H21N5OS/c1-17-28-21-16-27-22(29(2)25-26-13-14-32-25)15-20(21)24(31)30(17)23(18-9-5-3-6-10-18)19-11-7-4-8-12-19/h3-16,23H,1-2H3. The molecule has 0 radical (unpaired) electrons. The molecule has 0 aliphatic heterocycles. The Balaban J connectivity index is 1.72. The van der Waals surface area contributed by atoms with Gasteiger partial charge in [-0.2, -0.15) is 0 Å². The highest BCUT2D eigenvalue weighted by molar-refractivity contribution is 7.13. The topological polar surface area (TPSA) is 63.9 Å². The van der Waals surface area contributed by atoms with Crippen molar-refractivity contribution < 1.29 is 0 Å². The van der Waals surface area contributed by atoms with Gasteiger partial charge in [-0.15, -0.1) is 11.3 Å². The zero-order valence-electron chi connectivity index (χ0n) is 17.7. The molecule has 0 N–H and O–H groups in total. The van der Waals surface area contributed by atoms with Crippen LogP contribution < -0.4 is 10.5 Å². The Morgan fingerprint density at radius 1 is 0.969 bits per heavy atom. The number of rotatable bonds is 5. The van der Waals surface area contributed by atoms with Crippen LogP contribution in [0.15, 0.2) is 89.3 Å². The summed E-state index contributed by atoms with van der Waals surface area (Å²) in [6, 6.07) is 21.6. The fourth-order valence-electron chi connectivity index (χ4n) is 3.93. The minimum absolute atomic E-state index is 0.0959. The van der Waals surface area contributed by atoms with E-state index >= 15 is 0 Å². The van der Waals surface area contributed by atoms with E-state index in [4.69, 9.17) is 4.98 Å². The molecule has 0 bridgehead atoms. The molecule has 0 fully saturated rings. The molecular weight excluding hydrogens is 418 g/mol. The summed E-state index contributed by atoms with van der Waals surface area (Å²) in [7, 11) is 1.89. The molecule has 0 atom stereocenters. The van der Waals surface area contributed by atoms with Crippen LogP contribution in [0.25, 0.3) is 10.9 Å². The monoisotopic (exact) mass is 439 g/mol. The largest absolute Gasteiger partial charge is 0.305 e. The SMILES string of the molecule is Cc1nc2cnc(N(C)c3nccs3)cc2c(=O)n1C(c1ccccc1)c1ccccc1. The molecule has 0 spiro atoms. The van der Waals surface area contributed by atoms with E-state index in [-0.39, 0.29) is 11.6 Å². The lowest BCUT2D eigenvalue weighted by molar-refractivity contribution is 0.619. The van der Waals surface area contributed by atoms with Gasteiger partial charge in [0.15, 0.2) is 5.13 Å². The van der Waals surface area contributed by atoms with Crippen molar-refractivity contribution in [1.82, 2.24) is 19.5 Å². The number of aromatic nitrogens is 4. The van der Waals surface area contributed by atoms with Crippen LogP contribution in [0, 0.1) is 6.92 Å². The number of hydrogen-bond acceptors (Lipinski definition) is 6. The Morgan fingerprint density at radius 3 is 2.22 bits per heavy atom. The predicted molar refractivity (Wildman–Crippen MR) is 129 cm³/mol. The summed E-state index contributed by atoms with van der Waals surface area (Å²) in [5, 5.41) is 3.25. The molecule has 158 valence electrons. The molecule has 0 aliphatic rings. The molecule has 6 nitrogen and oxygen atoms in total. The predicted octanol–water partition coefficient (Wildman–Crippen LogP) is 4.96. The van der Waals surface area contributed by atoms with E-state index in [1.807, 2.05) is 84.9 Å².